The molecule has 2 aliphatic rings. The summed E-state index contributed by atoms with van der Waals surface area (Å²) in [7, 11) is 0. The number of hydrogen-bond donors (Lipinski definition) is 3. The predicted octanol–water partition coefficient (Wildman–Crippen LogP) is 6.69. The molecule has 3 nitrogen and oxygen atoms in total. The fourth-order valence-corrected chi connectivity index (χ4v) is 5.41. The van der Waals surface area contributed by atoms with Gasteiger partial charge in [0.05, 0.1) is 6.04 Å². The van der Waals surface area contributed by atoms with Gasteiger partial charge in [0.25, 0.3) is 0 Å². The van der Waals surface area contributed by atoms with Crippen LogP contribution in [-0.2, 0) is 0 Å². The Kier molecular flexibility index (Phi) is 6.30. The Morgan fingerprint density at radius 3 is 2.19 bits per heavy atom. The molecular weight excluding hydrogens is 526 g/mol. The summed E-state index contributed by atoms with van der Waals surface area (Å²) in [6.07, 6.45) is 8.66. The number of rotatable bonds is 4. The van der Waals surface area contributed by atoms with Crippen molar-refractivity contribution in [2.45, 2.75) is 12.2 Å². The summed E-state index contributed by atoms with van der Waals surface area (Å²) in [4.78, 5) is 0. The topological polar surface area (TPSA) is 36.1 Å². The molecule has 0 aliphatic carbocycles. The Morgan fingerprint density at radius 2 is 1.50 bits per heavy atom. The summed E-state index contributed by atoms with van der Waals surface area (Å²) in [5.74, 6) is 0. The Labute approximate surface area is 205 Å². The molecule has 2 aliphatic heterocycles. The maximum atomic E-state index is 3.75. The van der Waals surface area contributed by atoms with Crippen LogP contribution in [0.25, 0.3) is 11.3 Å². The molecule has 3 aromatic carbocycles. The summed E-state index contributed by atoms with van der Waals surface area (Å²) in [5.41, 5.74) is 7.11. The van der Waals surface area contributed by atoms with Crippen molar-refractivity contribution < 1.29 is 0 Å². The lowest BCUT2D eigenvalue weighted by atomic mass is 9.97. The van der Waals surface area contributed by atoms with Crippen molar-refractivity contribution in [1.29, 1.82) is 0 Å². The van der Waals surface area contributed by atoms with E-state index in [4.69, 9.17) is 0 Å². The SMILES string of the molecule is Brc1cc(Br)cc(C2C=C(c3ccc(C4=CNCC=C4)cc3)NC(c3ccccc3)N2)c1. The molecule has 0 saturated heterocycles. The van der Waals surface area contributed by atoms with Gasteiger partial charge in [-0.3, -0.25) is 5.32 Å². The summed E-state index contributed by atoms with van der Waals surface area (Å²) in [5, 5.41) is 10.7. The molecule has 0 fully saturated rings. The number of halogens is 2. The molecule has 2 unspecified atom stereocenters. The van der Waals surface area contributed by atoms with Gasteiger partial charge in [-0.05, 0) is 52.1 Å². The van der Waals surface area contributed by atoms with Crippen LogP contribution in [0.1, 0.15) is 34.5 Å². The van der Waals surface area contributed by atoms with Gasteiger partial charge in [0.15, 0.2) is 0 Å². The Balaban J connectivity index is 1.50. The maximum Gasteiger partial charge on any atom is 0.104 e. The van der Waals surface area contributed by atoms with Crippen LogP contribution in [0.5, 0.6) is 0 Å². The molecule has 0 radical (unpaired) electrons. The molecule has 2 heterocycles. The van der Waals surface area contributed by atoms with E-state index in [1.807, 2.05) is 6.07 Å². The third kappa shape index (κ3) is 4.75. The van der Waals surface area contributed by atoms with Crippen molar-refractivity contribution >= 4 is 43.1 Å². The summed E-state index contributed by atoms with van der Waals surface area (Å²) >= 11 is 7.27. The summed E-state index contributed by atoms with van der Waals surface area (Å²) < 4.78 is 2.11. The summed E-state index contributed by atoms with van der Waals surface area (Å²) in [6, 6.07) is 25.7. The lowest BCUT2D eigenvalue weighted by molar-refractivity contribution is 0.442. The molecule has 160 valence electrons. The monoisotopic (exact) mass is 547 g/mol. The van der Waals surface area contributed by atoms with E-state index >= 15 is 0 Å². The number of benzene rings is 3. The molecule has 0 aromatic heterocycles. The number of allylic oxidation sites excluding steroid dienone is 2. The molecule has 3 N–H and O–H groups in total. The molecule has 0 amide bonds. The third-order valence-corrected chi connectivity index (χ3v) is 6.59. The van der Waals surface area contributed by atoms with Crippen LogP contribution >= 0.6 is 31.9 Å². The minimum atomic E-state index is 0.00631. The van der Waals surface area contributed by atoms with E-state index < -0.39 is 0 Å². The van der Waals surface area contributed by atoms with Crippen LogP contribution in [0.15, 0.2) is 106 Å². The van der Waals surface area contributed by atoms with E-state index in [9.17, 15) is 0 Å². The fourth-order valence-electron chi connectivity index (χ4n) is 4.08. The number of hydrogen-bond acceptors (Lipinski definition) is 3. The number of dihydropyridines is 1. The van der Waals surface area contributed by atoms with Crippen LogP contribution < -0.4 is 16.0 Å². The highest BCUT2D eigenvalue weighted by atomic mass is 79.9. The van der Waals surface area contributed by atoms with Gasteiger partial charge in [-0.15, -0.1) is 0 Å². The number of nitrogens with one attached hydrogen (secondary N) is 3. The van der Waals surface area contributed by atoms with Gasteiger partial charge in [-0.1, -0.05) is 98.6 Å². The fraction of sp³-hybridized carbons (Fsp3) is 0.111. The van der Waals surface area contributed by atoms with E-state index in [1.165, 1.54) is 27.8 Å². The van der Waals surface area contributed by atoms with Crippen LogP contribution in [-0.4, -0.2) is 6.54 Å². The average Bonchev–Trinajstić information content (AvgIpc) is 2.84. The first kappa shape index (κ1) is 21.3. The van der Waals surface area contributed by atoms with Crippen LogP contribution in [0.4, 0.5) is 0 Å². The molecule has 3 aromatic rings. The smallest absolute Gasteiger partial charge is 0.104 e. The third-order valence-electron chi connectivity index (χ3n) is 5.68. The predicted molar refractivity (Wildman–Crippen MR) is 140 cm³/mol. The van der Waals surface area contributed by atoms with Gasteiger partial charge in [0.2, 0.25) is 0 Å². The normalized spacial score (nSPS) is 20.1. The molecule has 2 atom stereocenters. The first-order valence-electron chi connectivity index (χ1n) is 10.6. The molecule has 0 saturated carbocycles. The van der Waals surface area contributed by atoms with Crippen molar-refractivity contribution in [3.05, 3.63) is 128 Å². The van der Waals surface area contributed by atoms with Gasteiger partial charge >= 0.3 is 0 Å². The van der Waals surface area contributed by atoms with E-state index in [-0.39, 0.29) is 12.2 Å². The van der Waals surface area contributed by atoms with Crippen LogP contribution in [0, 0.1) is 0 Å². The first-order valence-corrected chi connectivity index (χ1v) is 12.2. The summed E-state index contributed by atoms with van der Waals surface area (Å²) in [6.45, 7) is 0.888. The minimum absolute atomic E-state index is 0.00631. The standard InChI is InChI=1S/C27H23Br2N3/c28-23-13-22(14-24(29)15-23)26-16-25(31-27(32-26)20-5-2-1-3-6-20)19-10-8-18(9-11-19)21-7-4-12-30-17-21/h1-11,13-17,26-27,30-32H,12H2. The van der Waals surface area contributed by atoms with Gasteiger partial charge in [0.1, 0.15) is 6.17 Å². The van der Waals surface area contributed by atoms with Gasteiger partial charge < -0.3 is 10.6 Å². The lowest BCUT2D eigenvalue weighted by Gasteiger charge is -2.33. The zero-order chi connectivity index (χ0) is 21.9. The Bertz CT molecular complexity index is 1180. The zero-order valence-electron chi connectivity index (χ0n) is 17.4. The van der Waals surface area contributed by atoms with Crippen molar-refractivity contribution in [3.8, 4) is 0 Å². The van der Waals surface area contributed by atoms with Crippen molar-refractivity contribution in [2.24, 2.45) is 0 Å². The van der Waals surface area contributed by atoms with Gasteiger partial charge in [-0.2, -0.15) is 0 Å². The van der Waals surface area contributed by atoms with E-state index in [1.54, 1.807) is 0 Å². The van der Waals surface area contributed by atoms with Crippen LogP contribution in [0.2, 0.25) is 0 Å². The Hall–Kier alpha value is -2.60. The lowest BCUT2D eigenvalue weighted by Crippen LogP contribution is -2.39. The zero-order valence-corrected chi connectivity index (χ0v) is 20.5. The van der Waals surface area contributed by atoms with Gasteiger partial charge in [0, 0.05) is 27.4 Å². The highest BCUT2D eigenvalue weighted by Gasteiger charge is 2.24. The molecule has 5 rings (SSSR count). The second kappa shape index (κ2) is 9.49. The second-order valence-corrected chi connectivity index (χ2v) is 9.73. The van der Waals surface area contributed by atoms with Crippen molar-refractivity contribution in [1.82, 2.24) is 16.0 Å². The van der Waals surface area contributed by atoms with E-state index in [0.717, 1.165) is 21.2 Å². The molecule has 0 bridgehead atoms. The van der Waals surface area contributed by atoms with Crippen LogP contribution in [0.3, 0.4) is 0 Å². The quantitative estimate of drug-likeness (QED) is 0.340. The van der Waals surface area contributed by atoms with Crippen molar-refractivity contribution in [3.63, 3.8) is 0 Å². The highest BCUT2D eigenvalue weighted by Crippen LogP contribution is 2.32. The second-order valence-electron chi connectivity index (χ2n) is 7.90. The average molecular weight is 549 g/mol. The van der Waals surface area contributed by atoms with Crippen molar-refractivity contribution in [2.75, 3.05) is 6.54 Å². The maximum absolute atomic E-state index is 3.75. The van der Waals surface area contributed by atoms with Gasteiger partial charge in [-0.25, -0.2) is 0 Å². The Morgan fingerprint density at radius 1 is 0.781 bits per heavy atom. The van der Waals surface area contributed by atoms with E-state index in [2.05, 4.69) is 139 Å². The first-order chi connectivity index (χ1) is 15.7. The highest BCUT2D eigenvalue weighted by molar-refractivity contribution is 9.11. The molecule has 32 heavy (non-hydrogen) atoms. The molecular formula is C27H23Br2N3. The van der Waals surface area contributed by atoms with E-state index in [0.29, 0.717) is 0 Å². The molecule has 5 heteroatoms. The minimum Gasteiger partial charge on any atom is -0.387 e. The largest absolute Gasteiger partial charge is 0.387 e. The molecule has 0 spiro atoms.